The summed E-state index contributed by atoms with van der Waals surface area (Å²) < 4.78 is 30.4. The lowest BCUT2D eigenvalue weighted by atomic mass is 10.1. The van der Waals surface area contributed by atoms with Crippen molar-refractivity contribution < 1.29 is 17.9 Å². The van der Waals surface area contributed by atoms with Crippen LogP contribution in [0.15, 0.2) is 54.6 Å². The summed E-state index contributed by atoms with van der Waals surface area (Å²) in [5.74, 6) is 0.491. The molecular formula is C19H24N2O4S. The molecule has 1 amide bonds. The number of para-hydroxylation sites is 2. The highest BCUT2D eigenvalue weighted by Crippen LogP contribution is 2.18. The third-order valence-electron chi connectivity index (χ3n) is 3.87. The normalized spacial score (nSPS) is 11.0. The smallest absolute Gasteiger partial charge is 0.240 e. The predicted molar refractivity (Wildman–Crippen MR) is 103 cm³/mol. The molecule has 0 saturated heterocycles. The van der Waals surface area contributed by atoms with Crippen LogP contribution in [0.1, 0.15) is 12.0 Å². The van der Waals surface area contributed by atoms with Gasteiger partial charge in [-0.1, -0.05) is 36.4 Å². The molecular weight excluding hydrogens is 352 g/mol. The summed E-state index contributed by atoms with van der Waals surface area (Å²) >= 11 is 0. The van der Waals surface area contributed by atoms with Crippen molar-refractivity contribution >= 4 is 21.6 Å². The summed E-state index contributed by atoms with van der Waals surface area (Å²) in [5, 5.41) is 2.78. The number of carbonyl (C=O) groups excluding carboxylic acids is 1. The van der Waals surface area contributed by atoms with Crippen LogP contribution in [0.5, 0.6) is 5.75 Å². The molecule has 0 fully saturated rings. The van der Waals surface area contributed by atoms with E-state index in [1.807, 2.05) is 24.3 Å². The van der Waals surface area contributed by atoms with Crippen molar-refractivity contribution in [3.05, 3.63) is 60.2 Å². The van der Waals surface area contributed by atoms with Crippen molar-refractivity contribution in [3.63, 3.8) is 0 Å². The number of hydrogen-bond acceptors (Lipinski definition) is 4. The summed E-state index contributed by atoms with van der Waals surface area (Å²) in [6.07, 6.45) is 2.59. The van der Waals surface area contributed by atoms with Gasteiger partial charge in [0.15, 0.2) is 0 Å². The highest BCUT2D eigenvalue weighted by Gasteiger charge is 2.20. The molecule has 0 unspecified atom stereocenters. The molecule has 0 bridgehead atoms. The minimum Gasteiger partial charge on any atom is -0.496 e. The number of ether oxygens (including phenoxy) is 1. The first-order chi connectivity index (χ1) is 12.4. The van der Waals surface area contributed by atoms with Gasteiger partial charge < -0.3 is 10.1 Å². The van der Waals surface area contributed by atoms with Gasteiger partial charge >= 0.3 is 0 Å². The fourth-order valence-corrected chi connectivity index (χ4v) is 3.45. The van der Waals surface area contributed by atoms with E-state index in [4.69, 9.17) is 4.74 Å². The second-order valence-electron chi connectivity index (χ2n) is 5.87. The molecule has 1 N–H and O–H groups in total. The van der Waals surface area contributed by atoms with Crippen LogP contribution in [0.3, 0.4) is 0 Å². The van der Waals surface area contributed by atoms with Crippen molar-refractivity contribution in [2.75, 3.05) is 30.8 Å². The van der Waals surface area contributed by atoms with Gasteiger partial charge in [0.2, 0.25) is 15.9 Å². The number of amides is 1. The maximum atomic E-state index is 12.2. The maximum Gasteiger partial charge on any atom is 0.240 e. The third-order valence-corrected chi connectivity index (χ3v) is 5.01. The fraction of sp³-hybridized carbons (Fsp3) is 0.316. The lowest BCUT2D eigenvalue weighted by Gasteiger charge is -2.21. The molecule has 0 radical (unpaired) electrons. The topological polar surface area (TPSA) is 75.7 Å². The Bertz CT molecular complexity index is 822. The second kappa shape index (κ2) is 9.24. The molecule has 0 aliphatic heterocycles. The van der Waals surface area contributed by atoms with Gasteiger partial charge in [-0.25, -0.2) is 8.42 Å². The van der Waals surface area contributed by atoms with Gasteiger partial charge in [0.05, 0.1) is 19.1 Å². The first-order valence-electron chi connectivity index (χ1n) is 8.33. The van der Waals surface area contributed by atoms with Crippen molar-refractivity contribution in [2.24, 2.45) is 0 Å². The van der Waals surface area contributed by atoms with E-state index in [1.165, 1.54) is 0 Å². The number of nitrogens with zero attached hydrogens (tertiary/aromatic N) is 1. The largest absolute Gasteiger partial charge is 0.496 e. The Kier molecular flexibility index (Phi) is 7.03. The van der Waals surface area contributed by atoms with Gasteiger partial charge in [0, 0.05) is 6.54 Å². The molecule has 140 valence electrons. The molecule has 0 heterocycles. The van der Waals surface area contributed by atoms with Crippen LogP contribution in [-0.4, -0.2) is 40.8 Å². The van der Waals surface area contributed by atoms with Crippen LogP contribution in [0, 0.1) is 0 Å². The number of methoxy groups -OCH3 is 1. The molecule has 0 atom stereocenters. The summed E-state index contributed by atoms with van der Waals surface area (Å²) in [7, 11) is -1.91. The van der Waals surface area contributed by atoms with Crippen molar-refractivity contribution in [1.29, 1.82) is 0 Å². The van der Waals surface area contributed by atoms with Crippen LogP contribution >= 0.6 is 0 Å². The molecule has 0 saturated carbocycles. The average Bonchev–Trinajstić information content (AvgIpc) is 2.63. The van der Waals surface area contributed by atoms with Crippen LogP contribution in [0.4, 0.5) is 5.69 Å². The van der Waals surface area contributed by atoms with Crippen molar-refractivity contribution in [1.82, 2.24) is 5.32 Å². The number of anilines is 1. The van der Waals surface area contributed by atoms with E-state index in [2.05, 4.69) is 5.32 Å². The Morgan fingerprint density at radius 3 is 2.38 bits per heavy atom. The van der Waals surface area contributed by atoms with E-state index < -0.39 is 10.0 Å². The number of rotatable bonds is 9. The molecule has 2 aromatic rings. The van der Waals surface area contributed by atoms with E-state index in [0.29, 0.717) is 12.2 Å². The Hall–Kier alpha value is -2.54. The summed E-state index contributed by atoms with van der Waals surface area (Å²) in [5.41, 5.74) is 1.55. The zero-order valence-electron chi connectivity index (χ0n) is 15.0. The fourth-order valence-electron chi connectivity index (χ4n) is 2.60. The monoisotopic (exact) mass is 376 g/mol. The van der Waals surface area contributed by atoms with Gasteiger partial charge in [-0.3, -0.25) is 9.10 Å². The molecule has 0 spiro atoms. The molecule has 0 aromatic heterocycles. The molecule has 2 aromatic carbocycles. The van der Waals surface area contributed by atoms with Crippen molar-refractivity contribution in [3.8, 4) is 5.75 Å². The molecule has 26 heavy (non-hydrogen) atoms. The van der Waals surface area contributed by atoms with Gasteiger partial charge in [0.1, 0.15) is 12.3 Å². The summed E-state index contributed by atoms with van der Waals surface area (Å²) in [6.45, 7) is 0.223. The number of hydrogen-bond donors (Lipinski definition) is 1. The average molecular weight is 376 g/mol. The molecule has 2 rings (SSSR count). The highest BCUT2D eigenvalue weighted by atomic mass is 32.2. The quantitative estimate of drug-likeness (QED) is 0.681. The Morgan fingerprint density at radius 1 is 1.08 bits per heavy atom. The molecule has 6 nitrogen and oxygen atoms in total. The number of benzene rings is 2. The van der Waals surface area contributed by atoms with Gasteiger partial charge in [-0.15, -0.1) is 0 Å². The number of nitrogens with one attached hydrogen (secondary N) is 1. The van der Waals surface area contributed by atoms with Crippen LogP contribution in [-0.2, 0) is 21.2 Å². The third kappa shape index (κ3) is 5.77. The first-order valence-corrected chi connectivity index (χ1v) is 10.2. The minimum atomic E-state index is -3.54. The lowest BCUT2D eigenvalue weighted by molar-refractivity contribution is -0.119. The van der Waals surface area contributed by atoms with E-state index in [0.717, 1.165) is 34.7 Å². The molecule has 7 heteroatoms. The zero-order chi connectivity index (χ0) is 19.0. The predicted octanol–water partition coefficient (Wildman–Crippen LogP) is 2.21. The summed E-state index contributed by atoms with van der Waals surface area (Å²) in [4.78, 5) is 12.2. The Morgan fingerprint density at radius 2 is 1.73 bits per heavy atom. The minimum absolute atomic E-state index is 0.239. The van der Waals surface area contributed by atoms with E-state index in [1.54, 1.807) is 37.4 Å². The van der Waals surface area contributed by atoms with E-state index >= 15 is 0 Å². The SMILES string of the molecule is COc1ccccc1CCCNC(=O)CN(c1ccccc1)S(C)(=O)=O. The summed E-state index contributed by atoms with van der Waals surface area (Å²) in [6, 6.07) is 16.3. The van der Waals surface area contributed by atoms with Crippen LogP contribution in [0.25, 0.3) is 0 Å². The van der Waals surface area contributed by atoms with Crippen LogP contribution < -0.4 is 14.4 Å². The molecule has 0 aliphatic carbocycles. The van der Waals surface area contributed by atoms with Gasteiger partial charge in [-0.2, -0.15) is 0 Å². The zero-order valence-corrected chi connectivity index (χ0v) is 15.8. The Labute approximate surface area is 154 Å². The Balaban J connectivity index is 1.87. The van der Waals surface area contributed by atoms with Gasteiger partial charge in [0.25, 0.3) is 0 Å². The van der Waals surface area contributed by atoms with E-state index in [9.17, 15) is 13.2 Å². The molecule has 0 aliphatic rings. The number of sulfonamides is 1. The first kappa shape index (κ1) is 19.8. The van der Waals surface area contributed by atoms with Crippen molar-refractivity contribution in [2.45, 2.75) is 12.8 Å². The number of aryl methyl sites for hydroxylation is 1. The second-order valence-corrected chi connectivity index (χ2v) is 7.78. The lowest BCUT2D eigenvalue weighted by Crippen LogP contribution is -2.40. The van der Waals surface area contributed by atoms with E-state index in [-0.39, 0.29) is 12.5 Å². The highest BCUT2D eigenvalue weighted by molar-refractivity contribution is 7.92. The standard InChI is InChI=1S/C19H24N2O4S/c1-25-18-13-7-6-9-16(18)10-8-14-20-19(22)15-21(26(2,23)24)17-11-4-3-5-12-17/h3-7,9,11-13H,8,10,14-15H2,1-2H3,(H,20,22). The van der Waals surface area contributed by atoms with Crippen LogP contribution in [0.2, 0.25) is 0 Å². The van der Waals surface area contributed by atoms with Gasteiger partial charge in [-0.05, 0) is 36.6 Å². The maximum absolute atomic E-state index is 12.2. The number of carbonyl (C=O) groups is 1.